The van der Waals surface area contributed by atoms with Gasteiger partial charge in [-0.3, -0.25) is 0 Å². The first-order valence-electron chi connectivity index (χ1n) is 7.07. The molecule has 19 heavy (non-hydrogen) atoms. The Morgan fingerprint density at radius 2 is 1.95 bits per heavy atom. The number of hydrogen-bond acceptors (Lipinski definition) is 3. The molecule has 0 aliphatic heterocycles. The van der Waals surface area contributed by atoms with Crippen molar-refractivity contribution in [1.29, 1.82) is 0 Å². The third-order valence-corrected chi connectivity index (χ3v) is 3.79. The summed E-state index contributed by atoms with van der Waals surface area (Å²) >= 11 is 0. The summed E-state index contributed by atoms with van der Waals surface area (Å²) < 4.78 is 0. The maximum Gasteiger partial charge on any atom is 0.141 e. The Balaban J connectivity index is 2.05. The van der Waals surface area contributed by atoms with Crippen molar-refractivity contribution in [3.8, 4) is 0 Å². The first kappa shape index (κ1) is 13.9. The zero-order chi connectivity index (χ0) is 13.5. The summed E-state index contributed by atoms with van der Waals surface area (Å²) in [6.45, 7) is 0. The summed E-state index contributed by atoms with van der Waals surface area (Å²) in [7, 11) is 0. The molecule has 0 spiro atoms. The van der Waals surface area contributed by atoms with Gasteiger partial charge in [-0.2, -0.15) is 0 Å². The van der Waals surface area contributed by atoms with Gasteiger partial charge in [-0.15, -0.1) is 0 Å². The van der Waals surface area contributed by atoms with E-state index in [9.17, 15) is 0 Å². The molecule has 1 aliphatic rings. The Morgan fingerprint density at radius 1 is 1.26 bits per heavy atom. The second-order valence-electron chi connectivity index (χ2n) is 5.26. The second kappa shape index (κ2) is 7.14. The van der Waals surface area contributed by atoms with Crippen molar-refractivity contribution in [3.63, 3.8) is 0 Å². The average Bonchev–Trinajstić information content (AvgIpc) is 2.48. The molecule has 1 fully saturated rings. The molecule has 0 aromatic heterocycles. The average molecular weight is 261 g/mol. The lowest BCUT2D eigenvalue weighted by Crippen LogP contribution is -2.36. The molecule has 104 valence electrons. The van der Waals surface area contributed by atoms with E-state index < -0.39 is 0 Å². The van der Waals surface area contributed by atoms with Crippen molar-refractivity contribution in [2.75, 3.05) is 0 Å². The van der Waals surface area contributed by atoms with Crippen LogP contribution >= 0.6 is 0 Å². The van der Waals surface area contributed by atoms with E-state index in [1.807, 2.05) is 18.2 Å². The molecule has 0 heterocycles. The third-order valence-electron chi connectivity index (χ3n) is 3.79. The van der Waals surface area contributed by atoms with E-state index in [1.54, 1.807) is 0 Å². The molecule has 4 nitrogen and oxygen atoms in total. The van der Waals surface area contributed by atoms with E-state index in [1.165, 1.54) is 37.7 Å². The molecule has 0 radical (unpaired) electrons. The Bertz CT molecular complexity index is 399. The standard InChI is InChI=1S/C15H23N3O/c16-15(18-19)11-14(12-7-3-1-4-8-12)17-13-9-5-2-6-10-13/h1,3-4,7-8,13-14,17,19H,2,5-6,9-11H2,(H2,16,18). The smallest absolute Gasteiger partial charge is 0.141 e. The van der Waals surface area contributed by atoms with Gasteiger partial charge < -0.3 is 16.3 Å². The molecule has 1 unspecified atom stereocenters. The fourth-order valence-corrected chi connectivity index (χ4v) is 2.76. The highest BCUT2D eigenvalue weighted by Gasteiger charge is 2.20. The van der Waals surface area contributed by atoms with E-state index in [0.717, 1.165) is 0 Å². The maximum atomic E-state index is 8.77. The first-order valence-corrected chi connectivity index (χ1v) is 7.07. The minimum Gasteiger partial charge on any atom is -0.409 e. The summed E-state index contributed by atoms with van der Waals surface area (Å²) in [5, 5.41) is 15.5. The van der Waals surface area contributed by atoms with Crippen molar-refractivity contribution >= 4 is 5.84 Å². The van der Waals surface area contributed by atoms with Gasteiger partial charge in [-0.1, -0.05) is 54.8 Å². The van der Waals surface area contributed by atoms with E-state index in [-0.39, 0.29) is 11.9 Å². The van der Waals surface area contributed by atoms with Crippen molar-refractivity contribution in [2.45, 2.75) is 50.6 Å². The molecule has 0 amide bonds. The zero-order valence-corrected chi connectivity index (χ0v) is 11.3. The van der Waals surface area contributed by atoms with E-state index in [0.29, 0.717) is 12.5 Å². The topological polar surface area (TPSA) is 70.6 Å². The van der Waals surface area contributed by atoms with Crippen molar-refractivity contribution in [3.05, 3.63) is 35.9 Å². The predicted octanol–water partition coefficient (Wildman–Crippen LogP) is 2.79. The summed E-state index contributed by atoms with van der Waals surface area (Å²) in [6.07, 6.45) is 6.91. The quantitative estimate of drug-likeness (QED) is 0.330. The summed E-state index contributed by atoms with van der Waals surface area (Å²) in [6, 6.07) is 10.9. The fourth-order valence-electron chi connectivity index (χ4n) is 2.76. The molecule has 4 N–H and O–H groups in total. The second-order valence-corrected chi connectivity index (χ2v) is 5.26. The minimum absolute atomic E-state index is 0.125. The molecule has 2 rings (SSSR count). The number of amidine groups is 1. The number of nitrogens with zero attached hydrogens (tertiary/aromatic N) is 1. The lowest BCUT2D eigenvalue weighted by molar-refractivity contribution is 0.311. The Hall–Kier alpha value is -1.55. The van der Waals surface area contributed by atoms with Crippen LogP contribution in [0.4, 0.5) is 0 Å². The molecule has 1 aliphatic carbocycles. The summed E-state index contributed by atoms with van der Waals surface area (Å²) in [4.78, 5) is 0. The van der Waals surface area contributed by atoms with Gasteiger partial charge in [0.25, 0.3) is 0 Å². The summed E-state index contributed by atoms with van der Waals surface area (Å²) in [5.74, 6) is 0.275. The first-order chi connectivity index (χ1) is 9.29. The number of nitrogens with one attached hydrogen (secondary N) is 1. The molecule has 1 aromatic carbocycles. The largest absolute Gasteiger partial charge is 0.409 e. The van der Waals surface area contributed by atoms with Crippen molar-refractivity contribution in [2.24, 2.45) is 10.9 Å². The van der Waals surface area contributed by atoms with Gasteiger partial charge in [0.2, 0.25) is 0 Å². The number of hydrogen-bond donors (Lipinski definition) is 3. The number of nitrogens with two attached hydrogens (primary N) is 1. The highest BCUT2D eigenvalue weighted by Crippen LogP contribution is 2.23. The molecular formula is C15H23N3O. The van der Waals surface area contributed by atoms with Crippen LogP contribution in [0.1, 0.15) is 50.1 Å². The SMILES string of the molecule is NC(CC(NC1CCCCC1)c1ccccc1)=NO. The van der Waals surface area contributed by atoms with Crippen LogP contribution in [0.25, 0.3) is 0 Å². The molecule has 4 heteroatoms. The van der Waals surface area contributed by atoms with Gasteiger partial charge in [-0.25, -0.2) is 0 Å². The zero-order valence-electron chi connectivity index (χ0n) is 11.3. The van der Waals surface area contributed by atoms with Crippen molar-refractivity contribution in [1.82, 2.24) is 5.32 Å². The van der Waals surface area contributed by atoms with Gasteiger partial charge in [0.1, 0.15) is 5.84 Å². The third kappa shape index (κ3) is 4.24. The van der Waals surface area contributed by atoms with Crippen LogP contribution in [0.5, 0.6) is 0 Å². The Kier molecular flexibility index (Phi) is 5.21. The molecule has 0 bridgehead atoms. The van der Waals surface area contributed by atoms with E-state index in [4.69, 9.17) is 10.9 Å². The van der Waals surface area contributed by atoms with Gasteiger partial charge in [0.05, 0.1) is 0 Å². The van der Waals surface area contributed by atoms with Gasteiger partial charge in [0, 0.05) is 18.5 Å². The van der Waals surface area contributed by atoms with Gasteiger partial charge in [-0.05, 0) is 18.4 Å². The Morgan fingerprint density at radius 3 is 2.58 bits per heavy atom. The molecule has 1 saturated carbocycles. The summed E-state index contributed by atoms with van der Waals surface area (Å²) in [5.41, 5.74) is 6.87. The number of oxime groups is 1. The lowest BCUT2D eigenvalue weighted by Gasteiger charge is -2.28. The van der Waals surface area contributed by atoms with Crippen LogP contribution < -0.4 is 11.1 Å². The predicted molar refractivity (Wildman–Crippen MR) is 77.2 cm³/mol. The van der Waals surface area contributed by atoms with Crippen LogP contribution in [0, 0.1) is 0 Å². The maximum absolute atomic E-state index is 8.77. The van der Waals surface area contributed by atoms with Crippen molar-refractivity contribution < 1.29 is 5.21 Å². The minimum atomic E-state index is 0.125. The number of rotatable bonds is 5. The van der Waals surface area contributed by atoms with Crippen LogP contribution in [-0.4, -0.2) is 17.1 Å². The van der Waals surface area contributed by atoms with Gasteiger partial charge >= 0.3 is 0 Å². The van der Waals surface area contributed by atoms with Gasteiger partial charge in [0.15, 0.2) is 0 Å². The molecule has 1 atom stereocenters. The highest BCUT2D eigenvalue weighted by atomic mass is 16.4. The van der Waals surface area contributed by atoms with Crippen LogP contribution in [0.3, 0.4) is 0 Å². The van der Waals surface area contributed by atoms with Crippen LogP contribution in [-0.2, 0) is 0 Å². The fraction of sp³-hybridized carbons (Fsp3) is 0.533. The normalized spacial score (nSPS) is 19.3. The van der Waals surface area contributed by atoms with Crippen LogP contribution in [0.15, 0.2) is 35.5 Å². The van der Waals surface area contributed by atoms with Crippen LogP contribution in [0.2, 0.25) is 0 Å². The number of benzene rings is 1. The molecule has 0 saturated heterocycles. The van der Waals surface area contributed by atoms with E-state index >= 15 is 0 Å². The molecular weight excluding hydrogens is 238 g/mol. The molecule has 1 aromatic rings. The Labute approximate surface area is 114 Å². The van der Waals surface area contributed by atoms with E-state index in [2.05, 4.69) is 22.6 Å². The monoisotopic (exact) mass is 261 g/mol. The highest BCUT2D eigenvalue weighted by molar-refractivity contribution is 5.80. The lowest BCUT2D eigenvalue weighted by atomic mass is 9.93.